The average Bonchev–Trinajstić information content (AvgIpc) is 2.88. The van der Waals surface area contributed by atoms with Crippen molar-refractivity contribution in [1.82, 2.24) is 14.7 Å². The van der Waals surface area contributed by atoms with Crippen molar-refractivity contribution < 1.29 is 14.7 Å². The second kappa shape index (κ2) is 7.28. The molecule has 2 heterocycles. The number of carbonyl (C=O) groups excluding carboxylic acids is 2. The van der Waals surface area contributed by atoms with Crippen LogP contribution in [0.1, 0.15) is 24.0 Å². The van der Waals surface area contributed by atoms with E-state index in [4.69, 9.17) is 0 Å². The summed E-state index contributed by atoms with van der Waals surface area (Å²) in [7, 11) is 1.75. The van der Waals surface area contributed by atoms with E-state index in [-0.39, 0.29) is 17.7 Å². The topological polar surface area (TPSA) is 64.1 Å². The van der Waals surface area contributed by atoms with E-state index in [0.29, 0.717) is 19.4 Å². The maximum atomic E-state index is 13.2. The number of hydrogen-bond donors (Lipinski definition) is 1. The number of aromatic hydroxyl groups is 1. The third-order valence-electron chi connectivity index (χ3n) is 6.01. The Hall–Kier alpha value is -2.86. The molecule has 146 valence electrons. The molecule has 2 saturated heterocycles. The van der Waals surface area contributed by atoms with E-state index < -0.39 is 5.54 Å². The Morgan fingerprint density at radius 3 is 2.14 bits per heavy atom. The molecule has 0 bridgehead atoms. The van der Waals surface area contributed by atoms with Gasteiger partial charge >= 0.3 is 6.03 Å². The zero-order chi connectivity index (χ0) is 19.7. The number of benzene rings is 2. The first kappa shape index (κ1) is 18.5. The molecular weight excluding hydrogens is 354 g/mol. The molecule has 28 heavy (non-hydrogen) atoms. The third kappa shape index (κ3) is 3.24. The van der Waals surface area contributed by atoms with E-state index >= 15 is 0 Å². The number of likely N-dealkylation sites (tertiary alicyclic amines) is 1. The van der Waals surface area contributed by atoms with Gasteiger partial charge in [-0.15, -0.1) is 0 Å². The van der Waals surface area contributed by atoms with Gasteiger partial charge in [0.1, 0.15) is 11.3 Å². The molecule has 6 heteroatoms. The molecule has 0 unspecified atom stereocenters. The van der Waals surface area contributed by atoms with Gasteiger partial charge in [0.15, 0.2) is 0 Å². The number of likely N-dealkylation sites (N-methyl/N-ethyl adjacent to an activating group) is 1. The van der Waals surface area contributed by atoms with Crippen LogP contribution in [-0.4, -0.2) is 57.4 Å². The van der Waals surface area contributed by atoms with Gasteiger partial charge in [-0.2, -0.15) is 0 Å². The summed E-state index contributed by atoms with van der Waals surface area (Å²) < 4.78 is 0. The normalized spacial score (nSPS) is 19.6. The summed E-state index contributed by atoms with van der Waals surface area (Å²) in [6.07, 6.45) is 1.27. The second-order valence-electron chi connectivity index (χ2n) is 7.69. The van der Waals surface area contributed by atoms with Crippen LogP contribution in [0.5, 0.6) is 5.75 Å². The molecule has 0 aliphatic carbocycles. The largest absolute Gasteiger partial charge is 0.508 e. The van der Waals surface area contributed by atoms with E-state index in [9.17, 15) is 14.7 Å². The van der Waals surface area contributed by atoms with Crippen molar-refractivity contribution >= 4 is 11.9 Å². The number of urea groups is 1. The van der Waals surface area contributed by atoms with Crippen molar-refractivity contribution in [2.24, 2.45) is 0 Å². The van der Waals surface area contributed by atoms with Gasteiger partial charge in [-0.25, -0.2) is 4.79 Å². The fourth-order valence-corrected chi connectivity index (χ4v) is 4.24. The first-order chi connectivity index (χ1) is 13.5. The molecule has 0 radical (unpaired) electrons. The summed E-state index contributed by atoms with van der Waals surface area (Å²) in [5.41, 5.74) is 1.36. The van der Waals surface area contributed by atoms with Crippen LogP contribution < -0.4 is 0 Å². The predicted molar refractivity (Wildman–Crippen MR) is 105 cm³/mol. The third-order valence-corrected chi connectivity index (χ3v) is 6.01. The van der Waals surface area contributed by atoms with Gasteiger partial charge in [0.2, 0.25) is 0 Å². The minimum absolute atomic E-state index is 0.0758. The Balaban J connectivity index is 1.44. The van der Waals surface area contributed by atoms with E-state index in [1.54, 1.807) is 24.1 Å². The fourth-order valence-electron chi connectivity index (χ4n) is 4.24. The first-order valence-electron chi connectivity index (χ1n) is 9.63. The lowest BCUT2D eigenvalue weighted by atomic mass is 9.86. The van der Waals surface area contributed by atoms with Crippen LogP contribution in [0.2, 0.25) is 0 Å². The summed E-state index contributed by atoms with van der Waals surface area (Å²) >= 11 is 0. The van der Waals surface area contributed by atoms with Crippen molar-refractivity contribution in [3.8, 4) is 5.75 Å². The quantitative estimate of drug-likeness (QED) is 0.830. The van der Waals surface area contributed by atoms with Crippen LogP contribution >= 0.6 is 0 Å². The lowest BCUT2D eigenvalue weighted by Crippen LogP contribution is -2.55. The van der Waals surface area contributed by atoms with Crippen LogP contribution in [0.4, 0.5) is 4.79 Å². The van der Waals surface area contributed by atoms with Crippen molar-refractivity contribution in [3.63, 3.8) is 0 Å². The highest BCUT2D eigenvalue weighted by Crippen LogP contribution is 2.37. The number of phenols is 1. The van der Waals surface area contributed by atoms with Gasteiger partial charge in [0.05, 0.1) is 6.54 Å². The molecule has 0 atom stereocenters. The van der Waals surface area contributed by atoms with Gasteiger partial charge < -0.3 is 10.0 Å². The van der Waals surface area contributed by atoms with Crippen molar-refractivity contribution in [3.05, 3.63) is 65.7 Å². The fraction of sp³-hybridized carbons (Fsp3) is 0.364. The van der Waals surface area contributed by atoms with Gasteiger partial charge in [-0.1, -0.05) is 42.5 Å². The lowest BCUT2D eigenvalue weighted by Gasteiger charge is -2.40. The molecule has 2 fully saturated rings. The van der Waals surface area contributed by atoms with Gasteiger partial charge in [-0.05, 0) is 36.1 Å². The number of amides is 3. The molecule has 2 aliphatic rings. The van der Waals surface area contributed by atoms with Crippen LogP contribution in [0.25, 0.3) is 0 Å². The van der Waals surface area contributed by atoms with Gasteiger partial charge in [0.25, 0.3) is 5.91 Å². The number of hydrogen-bond acceptors (Lipinski definition) is 4. The monoisotopic (exact) mass is 379 g/mol. The molecule has 3 amide bonds. The summed E-state index contributed by atoms with van der Waals surface area (Å²) in [4.78, 5) is 31.4. The molecule has 2 aromatic carbocycles. The standard InChI is InChI=1S/C22H25N3O3/c1-23-21(28)25(16-17-5-3-2-4-6-17)20(27)22(23)11-13-24(14-12-22)15-18-7-9-19(26)10-8-18/h2-10,26H,11-16H2,1H3. The molecule has 4 rings (SSSR count). The van der Waals surface area contributed by atoms with E-state index in [0.717, 1.165) is 30.8 Å². The first-order valence-corrected chi connectivity index (χ1v) is 9.63. The number of nitrogens with zero attached hydrogens (tertiary/aromatic N) is 3. The molecule has 1 spiro atoms. The number of imide groups is 1. The minimum atomic E-state index is -0.725. The smallest absolute Gasteiger partial charge is 0.327 e. The summed E-state index contributed by atoms with van der Waals surface area (Å²) in [6, 6.07) is 16.6. The van der Waals surface area contributed by atoms with Crippen LogP contribution in [-0.2, 0) is 17.9 Å². The Bertz CT molecular complexity index is 858. The Morgan fingerprint density at radius 2 is 1.50 bits per heavy atom. The van der Waals surface area contributed by atoms with Crippen molar-refractivity contribution in [2.75, 3.05) is 20.1 Å². The van der Waals surface area contributed by atoms with Gasteiger partial charge in [0, 0.05) is 26.7 Å². The van der Waals surface area contributed by atoms with E-state index in [1.807, 2.05) is 42.5 Å². The highest BCUT2D eigenvalue weighted by atomic mass is 16.3. The SMILES string of the molecule is CN1C(=O)N(Cc2ccccc2)C(=O)C12CCN(Cc1ccc(O)cc1)CC2. The van der Waals surface area contributed by atoms with E-state index in [2.05, 4.69) is 4.90 Å². The molecular formula is C22H25N3O3. The molecule has 0 aromatic heterocycles. The van der Waals surface area contributed by atoms with Gasteiger partial charge in [-0.3, -0.25) is 14.6 Å². The Labute approximate surface area is 165 Å². The molecule has 0 saturated carbocycles. The number of carbonyl (C=O) groups is 2. The van der Waals surface area contributed by atoms with Crippen molar-refractivity contribution in [2.45, 2.75) is 31.5 Å². The second-order valence-corrected chi connectivity index (χ2v) is 7.69. The summed E-state index contributed by atoms with van der Waals surface area (Å²) in [5.74, 6) is 0.185. The maximum absolute atomic E-state index is 13.2. The summed E-state index contributed by atoms with van der Waals surface area (Å²) in [5, 5.41) is 9.42. The Kier molecular flexibility index (Phi) is 4.81. The predicted octanol–water partition coefficient (Wildman–Crippen LogP) is 2.82. The van der Waals surface area contributed by atoms with Crippen LogP contribution in [0.15, 0.2) is 54.6 Å². The average molecular weight is 379 g/mol. The molecule has 1 N–H and O–H groups in total. The van der Waals surface area contributed by atoms with Crippen LogP contribution in [0, 0.1) is 0 Å². The highest BCUT2D eigenvalue weighted by molar-refractivity contribution is 6.06. The van der Waals surface area contributed by atoms with E-state index in [1.165, 1.54) is 4.90 Å². The van der Waals surface area contributed by atoms with Crippen molar-refractivity contribution in [1.29, 1.82) is 0 Å². The molecule has 2 aromatic rings. The number of rotatable bonds is 4. The zero-order valence-electron chi connectivity index (χ0n) is 16.0. The highest BCUT2D eigenvalue weighted by Gasteiger charge is 2.56. The Morgan fingerprint density at radius 1 is 0.893 bits per heavy atom. The number of phenolic OH excluding ortho intramolecular Hbond substituents is 1. The number of piperidine rings is 1. The minimum Gasteiger partial charge on any atom is -0.508 e. The van der Waals surface area contributed by atoms with Crippen LogP contribution in [0.3, 0.4) is 0 Å². The summed E-state index contributed by atoms with van der Waals surface area (Å²) in [6.45, 7) is 2.60. The maximum Gasteiger partial charge on any atom is 0.327 e. The zero-order valence-corrected chi connectivity index (χ0v) is 16.0. The molecule has 6 nitrogen and oxygen atoms in total. The molecule has 2 aliphatic heterocycles. The lowest BCUT2D eigenvalue weighted by molar-refractivity contribution is -0.135.